The van der Waals surface area contributed by atoms with Gasteiger partial charge < -0.3 is 5.73 Å². The van der Waals surface area contributed by atoms with Gasteiger partial charge in [-0.25, -0.2) is 0 Å². The summed E-state index contributed by atoms with van der Waals surface area (Å²) in [5.41, 5.74) is 8.29. The Hall–Kier alpha value is -0.860. The van der Waals surface area contributed by atoms with Gasteiger partial charge in [0.2, 0.25) is 0 Å². The van der Waals surface area contributed by atoms with Crippen molar-refractivity contribution in [1.29, 1.82) is 0 Å². The molecule has 0 atom stereocenters. The molecule has 0 heterocycles. The highest BCUT2D eigenvalue weighted by Gasteiger charge is 2.11. The summed E-state index contributed by atoms with van der Waals surface area (Å²) in [7, 11) is 0. The molecular weight excluding hydrogens is 220 g/mol. The Morgan fingerprint density at radius 3 is 2.00 bits per heavy atom. The molecule has 1 aromatic carbocycles. The molecule has 0 aliphatic rings. The molecule has 0 bridgehead atoms. The molecule has 1 rings (SSSR count). The molecule has 102 valence electrons. The highest BCUT2D eigenvalue weighted by molar-refractivity contribution is 5.22. The van der Waals surface area contributed by atoms with Crippen molar-refractivity contribution in [1.82, 2.24) is 4.90 Å². The van der Waals surface area contributed by atoms with Crippen molar-refractivity contribution >= 4 is 0 Å². The molecular formula is C16H28N2. The fourth-order valence-corrected chi connectivity index (χ4v) is 2.14. The van der Waals surface area contributed by atoms with Crippen LogP contribution in [0.15, 0.2) is 24.3 Å². The van der Waals surface area contributed by atoms with Crippen LogP contribution in [-0.4, -0.2) is 24.0 Å². The van der Waals surface area contributed by atoms with Crippen LogP contribution in [0.3, 0.4) is 0 Å². The van der Waals surface area contributed by atoms with Crippen molar-refractivity contribution in [2.24, 2.45) is 11.7 Å². The van der Waals surface area contributed by atoms with Crippen LogP contribution >= 0.6 is 0 Å². The fourth-order valence-electron chi connectivity index (χ4n) is 2.14. The Morgan fingerprint density at radius 2 is 1.56 bits per heavy atom. The van der Waals surface area contributed by atoms with Crippen molar-refractivity contribution in [3.05, 3.63) is 35.4 Å². The van der Waals surface area contributed by atoms with Crippen molar-refractivity contribution in [3.8, 4) is 0 Å². The van der Waals surface area contributed by atoms with Gasteiger partial charge in [0.05, 0.1) is 0 Å². The smallest absolute Gasteiger partial charge is 0.0236 e. The minimum absolute atomic E-state index is 0.594. The van der Waals surface area contributed by atoms with E-state index in [0.29, 0.717) is 12.0 Å². The van der Waals surface area contributed by atoms with E-state index < -0.39 is 0 Å². The van der Waals surface area contributed by atoms with Crippen molar-refractivity contribution in [2.45, 2.75) is 46.7 Å². The maximum absolute atomic E-state index is 5.57. The lowest BCUT2D eigenvalue weighted by Gasteiger charge is -2.28. The van der Waals surface area contributed by atoms with Gasteiger partial charge in [-0.2, -0.15) is 0 Å². The molecule has 0 unspecified atom stereocenters. The molecule has 1 aromatic rings. The fraction of sp³-hybridized carbons (Fsp3) is 0.625. The summed E-state index contributed by atoms with van der Waals surface area (Å²) in [5.74, 6) is 0.712. The van der Waals surface area contributed by atoms with E-state index in [4.69, 9.17) is 5.73 Å². The Kier molecular flexibility index (Phi) is 6.37. The van der Waals surface area contributed by atoms with Crippen molar-refractivity contribution in [3.63, 3.8) is 0 Å². The summed E-state index contributed by atoms with van der Waals surface area (Å²) in [6.07, 6.45) is 0.972. The molecule has 0 saturated heterocycles. The molecule has 0 amide bonds. The number of benzene rings is 1. The van der Waals surface area contributed by atoms with Gasteiger partial charge in [0.15, 0.2) is 0 Å². The Morgan fingerprint density at radius 1 is 1.00 bits per heavy atom. The van der Waals surface area contributed by atoms with E-state index >= 15 is 0 Å². The number of nitrogens with two attached hydrogens (primary N) is 1. The second-order valence-corrected chi connectivity index (χ2v) is 5.77. The quantitative estimate of drug-likeness (QED) is 0.803. The summed E-state index contributed by atoms with van der Waals surface area (Å²) < 4.78 is 0. The number of rotatable bonds is 7. The van der Waals surface area contributed by atoms with Gasteiger partial charge in [0, 0.05) is 19.1 Å². The zero-order chi connectivity index (χ0) is 13.5. The molecule has 0 radical (unpaired) electrons. The molecule has 2 nitrogen and oxygen atoms in total. The Balaban J connectivity index is 2.63. The van der Waals surface area contributed by atoms with Crippen LogP contribution < -0.4 is 5.73 Å². The second-order valence-electron chi connectivity index (χ2n) is 5.77. The minimum Gasteiger partial charge on any atom is -0.330 e. The first-order valence-electron chi connectivity index (χ1n) is 7.05. The maximum atomic E-state index is 5.57. The van der Waals surface area contributed by atoms with Gasteiger partial charge in [-0.15, -0.1) is 0 Å². The van der Waals surface area contributed by atoms with Gasteiger partial charge in [0.25, 0.3) is 0 Å². The van der Waals surface area contributed by atoms with E-state index in [0.717, 1.165) is 26.1 Å². The highest BCUT2D eigenvalue weighted by Crippen LogP contribution is 2.12. The highest BCUT2D eigenvalue weighted by atomic mass is 15.1. The minimum atomic E-state index is 0.594. The zero-order valence-electron chi connectivity index (χ0n) is 12.3. The maximum Gasteiger partial charge on any atom is 0.0236 e. The van der Waals surface area contributed by atoms with Gasteiger partial charge in [0.1, 0.15) is 0 Å². The molecule has 0 saturated carbocycles. The summed E-state index contributed by atoms with van der Waals surface area (Å²) in [5, 5.41) is 0. The summed E-state index contributed by atoms with van der Waals surface area (Å²) in [6.45, 7) is 12.0. The van der Waals surface area contributed by atoms with Gasteiger partial charge in [-0.3, -0.25) is 4.90 Å². The van der Waals surface area contributed by atoms with E-state index in [1.165, 1.54) is 11.1 Å². The summed E-state index contributed by atoms with van der Waals surface area (Å²) in [4.78, 5) is 2.53. The van der Waals surface area contributed by atoms with Crippen LogP contribution in [0.5, 0.6) is 0 Å². The Labute approximate surface area is 112 Å². The standard InChI is InChI=1S/C16H28N2/c1-13(2)11-18(14(3)4)12-16-7-5-15(6-8-16)9-10-17/h5-8,13-14H,9-12,17H2,1-4H3. The third kappa shape index (κ3) is 5.19. The Bertz CT molecular complexity index is 327. The van der Waals surface area contributed by atoms with Crippen LogP contribution in [0.1, 0.15) is 38.8 Å². The topological polar surface area (TPSA) is 29.3 Å². The van der Waals surface area contributed by atoms with Crippen LogP contribution in [-0.2, 0) is 13.0 Å². The first kappa shape index (κ1) is 15.2. The van der Waals surface area contributed by atoms with E-state index in [1.807, 2.05) is 0 Å². The third-order valence-corrected chi connectivity index (χ3v) is 3.17. The van der Waals surface area contributed by atoms with Crippen molar-refractivity contribution in [2.75, 3.05) is 13.1 Å². The predicted octanol–water partition coefficient (Wildman–Crippen LogP) is 3.05. The predicted molar refractivity (Wildman–Crippen MR) is 79.6 cm³/mol. The zero-order valence-corrected chi connectivity index (χ0v) is 12.3. The van der Waals surface area contributed by atoms with Gasteiger partial charge in [-0.05, 0) is 43.9 Å². The molecule has 0 aliphatic heterocycles. The van der Waals surface area contributed by atoms with Crippen LogP contribution in [0, 0.1) is 5.92 Å². The molecule has 18 heavy (non-hydrogen) atoms. The second kappa shape index (κ2) is 7.55. The molecule has 2 heteroatoms. The summed E-state index contributed by atoms with van der Waals surface area (Å²) >= 11 is 0. The lowest BCUT2D eigenvalue weighted by molar-refractivity contribution is 0.189. The van der Waals surface area contributed by atoms with Gasteiger partial charge in [-0.1, -0.05) is 38.1 Å². The van der Waals surface area contributed by atoms with Crippen LogP contribution in [0.25, 0.3) is 0 Å². The van der Waals surface area contributed by atoms with Crippen molar-refractivity contribution < 1.29 is 0 Å². The molecule has 0 aliphatic carbocycles. The molecule has 2 N–H and O–H groups in total. The normalized spacial score (nSPS) is 11.8. The lowest BCUT2D eigenvalue weighted by Crippen LogP contribution is -2.33. The number of hydrogen-bond acceptors (Lipinski definition) is 2. The van der Waals surface area contributed by atoms with E-state index in [9.17, 15) is 0 Å². The largest absolute Gasteiger partial charge is 0.330 e. The molecule has 0 spiro atoms. The van der Waals surface area contributed by atoms with Crippen LogP contribution in [0.2, 0.25) is 0 Å². The average molecular weight is 248 g/mol. The molecule has 0 fully saturated rings. The summed E-state index contributed by atoms with van der Waals surface area (Å²) in [6, 6.07) is 9.48. The average Bonchev–Trinajstić information content (AvgIpc) is 2.30. The number of hydrogen-bond donors (Lipinski definition) is 1. The van der Waals surface area contributed by atoms with E-state index in [-0.39, 0.29) is 0 Å². The van der Waals surface area contributed by atoms with E-state index in [2.05, 4.69) is 56.9 Å². The monoisotopic (exact) mass is 248 g/mol. The first-order valence-corrected chi connectivity index (χ1v) is 7.05. The van der Waals surface area contributed by atoms with E-state index in [1.54, 1.807) is 0 Å². The first-order chi connectivity index (χ1) is 8.52. The molecule has 0 aromatic heterocycles. The number of nitrogens with zero attached hydrogens (tertiary/aromatic N) is 1. The van der Waals surface area contributed by atoms with Gasteiger partial charge >= 0.3 is 0 Å². The SMILES string of the molecule is CC(C)CN(Cc1ccc(CCN)cc1)C(C)C. The van der Waals surface area contributed by atoms with Crippen LogP contribution in [0.4, 0.5) is 0 Å². The lowest BCUT2D eigenvalue weighted by atomic mass is 10.1. The third-order valence-electron chi connectivity index (χ3n) is 3.17.